The first-order valence-electron chi connectivity index (χ1n) is 10.5. The molecule has 1 N–H and O–H groups in total. The Balaban J connectivity index is 1.94. The number of Topliss-reactive ketones (excluding diaryl/α,β-unsaturated/α-hetero) is 1. The third-order valence-electron chi connectivity index (χ3n) is 4.36. The average Bonchev–Trinajstić information content (AvgIpc) is 2.77. The van der Waals surface area contributed by atoms with Gasteiger partial charge in [0.15, 0.2) is 23.4 Å². The second-order valence-corrected chi connectivity index (χ2v) is 7.02. The van der Waals surface area contributed by atoms with Crippen LogP contribution >= 0.6 is 0 Å². The molecule has 0 aliphatic carbocycles. The third-order valence-corrected chi connectivity index (χ3v) is 4.36. The minimum atomic E-state index is -0.997. The van der Waals surface area contributed by atoms with Gasteiger partial charge in [0.25, 0.3) is 5.91 Å². The topological polar surface area (TPSA) is 90.9 Å². The molecule has 1 amide bonds. The van der Waals surface area contributed by atoms with Gasteiger partial charge in [0.1, 0.15) is 0 Å². The Labute approximate surface area is 188 Å². The average molecular weight is 440 g/mol. The minimum absolute atomic E-state index is 0.0616. The van der Waals surface area contributed by atoms with Gasteiger partial charge in [-0.25, -0.2) is 4.79 Å². The second kappa shape index (κ2) is 12.3. The molecule has 170 valence electrons. The maximum atomic E-state index is 12.3. The molecule has 0 saturated heterocycles. The SMILES string of the molecule is CCCOc1ccc(/C=C/C(=O)OC(C)C(=O)Nc2ccc(C(C)=O)cc2)cc1OCC. The third kappa shape index (κ3) is 7.58. The van der Waals surface area contributed by atoms with Crippen LogP contribution in [-0.2, 0) is 14.3 Å². The van der Waals surface area contributed by atoms with Gasteiger partial charge in [-0.15, -0.1) is 0 Å². The van der Waals surface area contributed by atoms with Crippen LogP contribution in [0.5, 0.6) is 11.5 Å². The Kier molecular flexibility index (Phi) is 9.47. The Morgan fingerprint density at radius 1 is 1.00 bits per heavy atom. The molecule has 1 unspecified atom stereocenters. The van der Waals surface area contributed by atoms with E-state index in [1.54, 1.807) is 48.5 Å². The van der Waals surface area contributed by atoms with Gasteiger partial charge in [-0.2, -0.15) is 0 Å². The molecule has 32 heavy (non-hydrogen) atoms. The standard InChI is InChI=1S/C25H29NO6/c1-5-15-31-22-13-7-19(16-23(22)30-6-2)8-14-24(28)32-18(4)25(29)26-21-11-9-20(10-12-21)17(3)27/h7-14,16,18H,5-6,15H2,1-4H3,(H,26,29)/b14-8+. The summed E-state index contributed by atoms with van der Waals surface area (Å²) in [5, 5.41) is 2.65. The van der Waals surface area contributed by atoms with Crippen LogP contribution in [0.4, 0.5) is 5.69 Å². The van der Waals surface area contributed by atoms with Crippen molar-refractivity contribution in [3.63, 3.8) is 0 Å². The van der Waals surface area contributed by atoms with E-state index in [0.29, 0.717) is 36.0 Å². The van der Waals surface area contributed by atoms with E-state index in [0.717, 1.165) is 12.0 Å². The summed E-state index contributed by atoms with van der Waals surface area (Å²) in [7, 11) is 0. The first-order valence-corrected chi connectivity index (χ1v) is 10.5. The minimum Gasteiger partial charge on any atom is -0.490 e. The number of hydrogen-bond donors (Lipinski definition) is 1. The molecule has 0 spiro atoms. The van der Waals surface area contributed by atoms with E-state index in [2.05, 4.69) is 5.32 Å². The molecule has 1 atom stereocenters. The second-order valence-electron chi connectivity index (χ2n) is 7.02. The number of hydrogen-bond acceptors (Lipinski definition) is 6. The van der Waals surface area contributed by atoms with Crippen molar-refractivity contribution in [1.82, 2.24) is 0 Å². The highest BCUT2D eigenvalue weighted by atomic mass is 16.5. The van der Waals surface area contributed by atoms with Crippen molar-refractivity contribution >= 4 is 29.4 Å². The van der Waals surface area contributed by atoms with Gasteiger partial charge in [-0.05, 0) is 75.2 Å². The van der Waals surface area contributed by atoms with Crippen LogP contribution in [0.1, 0.15) is 50.0 Å². The molecule has 0 aromatic heterocycles. The van der Waals surface area contributed by atoms with Crippen LogP contribution in [0.2, 0.25) is 0 Å². The van der Waals surface area contributed by atoms with Crippen LogP contribution in [0.3, 0.4) is 0 Å². The lowest BCUT2D eigenvalue weighted by Gasteiger charge is -2.13. The highest BCUT2D eigenvalue weighted by molar-refractivity contribution is 5.98. The zero-order chi connectivity index (χ0) is 23.5. The molecular formula is C25H29NO6. The van der Waals surface area contributed by atoms with E-state index in [4.69, 9.17) is 14.2 Å². The molecule has 2 aromatic rings. The summed E-state index contributed by atoms with van der Waals surface area (Å²) in [6, 6.07) is 11.8. The molecule has 0 heterocycles. The number of carbonyl (C=O) groups is 3. The van der Waals surface area contributed by atoms with Crippen LogP contribution in [-0.4, -0.2) is 37.0 Å². The maximum Gasteiger partial charge on any atom is 0.331 e. The van der Waals surface area contributed by atoms with Gasteiger partial charge in [-0.3, -0.25) is 9.59 Å². The predicted molar refractivity (Wildman–Crippen MR) is 123 cm³/mol. The normalized spacial score (nSPS) is 11.6. The maximum absolute atomic E-state index is 12.3. The van der Waals surface area contributed by atoms with E-state index in [9.17, 15) is 14.4 Å². The van der Waals surface area contributed by atoms with Crippen molar-refractivity contribution in [1.29, 1.82) is 0 Å². The molecule has 0 aliphatic rings. The summed E-state index contributed by atoms with van der Waals surface area (Å²) < 4.78 is 16.4. The molecule has 0 aliphatic heterocycles. The number of nitrogens with one attached hydrogen (secondary N) is 1. The van der Waals surface area contributed by atoms with Gasteiger partial charge in [-0.1, -0.05) is 13.0 Å². The molecule has 7 heteroatoms. The number of benzene rings is 2. The highest BCUT2D eigenvalue weighted by Gasteiger charge is 2.17. The number of carbonyl (C=O) groups excluding carboxylic acids is 3. The van der Waals surface area contributed by atoms with E-state index in [1.165, 1.54) is 19.9 Å². The summed E-state index contributed by atoms with van der Waals surface area (Å²) in [6.07, 6.45) is 2.72. The van der Waals surface area contributed by atoms with E-state index >= 15 is 0 Å². The summed E-state index contributed by atoms with van der Waals surface area (Å²) in [6.45, 7) is 7.93. The van der Waals surface area contributed by atoms with Gasteiger partial charge < -0.3 is 19.5 Å². The molecule has 0 bridgehead atoms. The Morgan fingerprint density at radius 3 is 2.34 bits per heavy atom. The number of esters is 1. The zero-order valence-electron chi connectivity index (χ0n) is 18.8. The zero-order valence-corrected chi connectivity index (χ0v) is 18.8. The lowest BCUT2D eigenvalue weighted by Crippen LogP contribution is -2.29. The first-order chi connectivity index (χ1) is 15.3. The van der Waals surface area contributed by atoms with E-state index < -0.39 is 18.0 Å². The Hall–Kier alpha value is -3.61. The van der Waals surface area contributed by atoms with Crippen LogP contribution in [0.25, 0.3) is 6.08 Å². The summed E-state index contributed by atoms with van der Waals surface area (Å²) in [5.74, 6) is 0.0609. The fourth-order valence-corrected chi connectivity index (χ4v) is 2.69. The molecule has 0 fully saturated rings. The monoisotopic (exact) mass is 439 g/mol. The quantitative estimate of drug-likeness (QED) is 0.311. The van der Waals surface area contributed by atoms with Crippen molar-refractivity contribution in [2.45, 2.75) is 40.2 Å². The van der Waals surface area contributed by atoms with Crippen molar-refractivity contribution in [3.8, 4) is 11.5 Å². The van der Waals surface area contributed by atoms with Gasteiger partial charge in [0.2, 0.25) is 0 Å². The molecule has 2 aromatic carbocycles. The molecule has 7 nitrogen and oxygen atoms in total. The van der Waals surface area contributed by atoms with Crippen LogP contribution in [0.15, 0.2) is 48.5 Å². The molecule has 0 saturated carbocycles. The van der Waals surface area contributed by atoms with E-state index in [-0.39, 0.29) is 5.78 Å². The lowest BCUT2D eigenvalue weighted by atomic mass is 10.1. The Morgan fingerprint density at radius 2 is 1.72 bits per heavy atom. The smallest absolute Gasteiger partial charge is 0.331 e. The van der Waals surface area contributed by atoms with E-state index in [1.807, 2.05) is 13.8 Å². The summed E-state index contributed by atoms with van der Waals surface area (Å²) >= 11 is 0. The first kappa shape index (κ1) is 24.7. The molecule has 2 rings (SSSR count). The predicted octanol–water partition coefficient (Wildman–Crippen LogP) is 4.66. The fourth-order valence-electron chi connectivity index (χ4n) is 2.69. The van der Waals surface area contributed by atoms with Crippen molar-refractivity contribution in [2.24, 2.45) is 0 Å². The summed E-state index contributed by atoms with van der Waals surface area (Å²) in [5.41, 5.74) is 1.79. The van der Waals surface area contributed by atoms with Gasteiger partial charge in [0, 0.05) is 17.3 Å². The van der Waals surface area contributed by atoms with Crippen LogP contribution in [0, 0.1) is 0 Å². The molecular weight excluding hydrogens is 410 g/mol. The molecule has 0 radical (unpaired) electrons. The number of anilines is 1. The lowest BCUT2D eigenvalue weighted by molar-refractivity contribution is -0.148. The van der Waals surface area contributed by atoms with Crippen molar-refractivity contribution in [2.75, 3.05) is 18.5 Å². The highest BCUT2D eigenvalue weighted by Crippen LogP contribution is 2.29. The number of amides is 1. The van der Waals surface area contributed by atoms with Crippen molar-refractivity contribution in [3.05, 3.63) is 59.7 Å². The van der Waals surface area contributed by atoms with Crippen molar-refractivity contribution < 1.29 is 28.6 Å². The Bertz CT molecular complexity index is 965. The summed E-state index contributed by atoms with van der Waals surface area (Å²) in [4.78, 5) is 35.7. The van der Waals surface area contributed by atoms with Crippen LogP contribution < -0.4 is 14.8 Å². The van der Waals surface area contributed by atoms with Gasteiger partial charge in [0.05, 0.1) is 13.2 Å². The number of rotatable bonds is 11. The fraction of sp³-hybridized carbons (Fsp3) is 0.320. The largest absolute Gasteiger partial charge is 0.490 e. The van der Waals surface area contributed by atoms with Gasteiger partial charge >= 0.3 is 5.97 Å². The number of ether oxygens (including phenoxy) is 3. The number of ketones is 1.